The van der Waals surface area contributed by atoms with E-state index in [0.29, 0.717) is 0 Å². The van der Waals surface area contributed by atoms with Crippen molar-refractivity contribution in [3.63, 3.8) is 0 Å². The van der Waals surface area contributed by atoms with E-state index >= 15 is 0 Å². The maximum atomic E-state index is 2.36. The van der Waals surface area contributed by atoms with Crippen molar-refractivity contribution in [2.24, 2.45) is 0 Å². The molecule has 0 atom stereocenters. The molecule has 134 valence electrons. The number of nitrogens with zero attached hydrogens (tertiary/aromatic N) is 1. The van der Waals surface area contributed by atoms with Gasteiger partial charge in [-0.05, 0) is 12.8 Å². The number of unbranched alkanes of at least 4 members (excludes halogenated alkanes) is 9. The highest BCUT2D eigenvalue weighted by atomic mass is 35.5. The van der Waals surface area contributed by atoms with Gasteiger partial charge in [0, 0.05) is 5.56 Å². The first-order valence-electron chi connectivity index (χ1n) is 9.50. The summed E-state index contributed by atoms with van der Waals surface area (Å²) in [4.78, 5) is 0. The van der Waals surface area contributed by atoms with Crippen molar-refractivity contribution in [1.82, 2.24) is 0 Å². The molecule has 0 aliphatic rings. The third kappa shape index (κ3) is 12.5. The fraction of sp³-hybridized carbons (Fsp3) is 0.714. The zero-order valence-electron chi connectivity index (χ0n) is 15.8. The quantitative estimate of drug-likeness (QED) is 0.321. The van der Waals surface area contributed by atoms with Crippen LogP contribution in [0.2, 0.25) is 0 Å². The van der Waals surface area contributed by atoms with Crippen molar-refractivity contribution in [2.45, 2.75) is 77.7 Å². The summed E-state index contributed by atoms with van der Waals surface area (Å²) >= 11 is 0. The highest BCUT2D eigenvalue weighted by Gasteiger charge is 2.14. The van der Waals surface area contributed by atoms with Gasteiger partial charge in [0.1, 0.15) is 6.54 Å². The minimum absolute atomic E-state index is 0. The van der Waals surface area contributed by atoms with Gasteiger partial charge in [-0.1, -0.05) is 88.6 Å². The first-order valence-corrected chi connectivity index (χ1v) is 9.50. The van der Waals surface area contributed by atoms with Gasteiger partial charge in [-0.25, -0.2) is 0 Å². The van der Waals surface area contributed by atoms with Gasteiger partial charge in [-0.2, -0.15) is 0 Å². The summed E-state index contributed by atoms with van der Waals surface area (Å²) in [6.45, 7) is 4.74. The molecule has 0 bridgehead atoms. The molecule has 0 spiro atoms. The fourth-order valence-corrected chi connectivity index (χ4v) is 3.18. The van der Waals surface area contributed by atoms with Crippen LogP contribution >= 0.6 is 0 Å². The monoisotopic (exact) mass is 341 g/mol. The summed E-state index contributed by atoms with van der Waals surface area (Å²) in [7, 11) is 4.72. The van der Waals surface area contributed by atoms with Crippen LogP contribution in [0, 0.1) is 12.4 Å². The molecule has 0 radical (unpaired) electrons. The van der Waals surface area contributed by atoms with Crippen LogP contribution in [0.3, 0.4) is 0 Å². The number of quaternary nitrogens is 1. The van der Waals surface area contributed by atoms with E-state index in [1.165, 1.54) is 76.3 Å². The van der Waals surface area contributed by atoms with Gasteiger partial charge in [0.05, 0.1) is 33.0 Å². The summed E-state index contributed by atoms with van der Waals surface area (Å²) < 4.78 is 1.11. The molecule has 1 rings (SSSR count). The molecule has 0 unspecified atom stereocenters. The van der Waals surface area contributed by atoms with Gasteiger partial charge in [-0.3, -0.25) is 0 Å². The Bertz CT molecular complexity index is 361. The topological polar surface area (TPSA) is 0 Å². The Hall–Kier alpha value is -0.530. The second-order valence-electron chi connectivity index (χ2n) is 7.49. The lowest BCUT2D eigenvalue weighted by Gasteiger charge is -2.30. The van der Waals surface area contributed by atoms with E-state index in [9.17, 15) is 0 Å². The van der Waals surface area contributed by atoms with Gasteiger partial charge in [-0.15, -0.1) is 0 Å². The van der Waals surface area contributed by atoms with Crippen molar-refractivity contribution in [3.05, 3.63) is 35.9 Å². The fourth-order valence-electron chi connectivity index (χ4n) is 3.18. The Morgan fingerprint density at radius 1 is 0.696 bits per heavy atom. The Kier molecular flexibility index (Phi) is 13.5. The molecule has 0 amide bonds. The van der Waals surface area contributed by atoms with Gasteiger partial charge in [0.15, 0.2) is 0 Å². The van der Waals surface area contributed by atoms with Crippen LogP contribution in [0.5, 0.6) is 0 Å². The third-order valence-corrected chi connectivity index (χ3v) is 4.57. The summed E-state index contributed by atoms with van der Waals surface area (Å²) in [6.07, 6.45) is 14.2. The normalized spacial score (nSPS) is 11.3. The lowest BCUT2D eigenvalue weighted by molar-refractivity contribution is -0.903. The second kappa shape index (κ2) is 13.9. The Morgan fingerprint density at radius 3 is 1.70 bits per heavy atom. The minimum Gasteiger partial charge on any atom is -0.325 e. The molecule has 0 N–H and O–H groups in total. The molecule has 0 aliphatic heterocycles. The van der Waals surface area contributed by atoms with E-state index in [1.807, 2.05) is 0 Å². The first kappa shape index (κ1) is 22.5. The van der Waals surface area contributed by atoms with Crippen molar-refractivity contribution >= 4 is 0 Å². The number of hydrogen-bond acceptors (Lipinski definition) is 0. The van der Waals surface area contributed by atoms with Crippen LogP contribution in [0.4, 0.5) is 0 Å². The van der Waals surface area contributed by atoms with Gasteiger partial charge in [0.2, 0.25) is 0 Å². The summed E-state index contributed by atoms with van der Waals surface area (Å²) in [5, 5.41) is 0. The second-order valence-corrected chi connectivity index (χ2v) is 7.49. The largest absolute Gasteiger partial charge is 0.325 e. The van der Waals surface area contributed by atoms with Crippen LogP contribution < -0.4 is 0 Å². The number of rotatable bonds is 13. The summed E-state index contributed by atoms with van der Waals surface area (Å²) in [5.74, 6) is 0. The van der Waals surface area contributed by atoms with E-state index in [-0.39, 0.29) is 12.4 Å². The van der Waals surface area contributed by atoms with E-state index in [0.717, 1.165) is 11.0 Å². The molecule has 0 aromatic heterocycles. The maximum absolute atomic E-state index is 2.36. The number of hydrogen-bond donors (Lipinski definition) is 0. The highest BCUT2D eigenvalue weighted by molar-refractivity contribution is 5.13. The highest BCUT2D eigenvalue weighted by Crippen LogP contribution is 2.13. The molecule has 2 heteroatoms. The SMILES string of the molecule is CCCCCCCCCCCC[N+](C)(C)Cc1ccccc1.[ClH2+]. The average Bonchev–Trinajstić information content (AvgIpc) is 2.49. The predicted molar refractivity (Wildman–Crippen MR) is 102 cm³/mol. The van der Waals surface area contributed by atoms with Crippen LogP contribution in [-0.2, 0) is 6.54 Å². The number of halogens is 1. The average molecular weight is 342 g/mol. The Morgan fingerprint density at radius 2 is 1.17 bits per heavy atom. The Balaban J connectivity index is 0.00000484. The minimum atomic E-state index is 0. The lowest BCUT2D eigenvalue weighted by atomic mass is 10.1. The maximum Gasteiger partial charge on any atom is 0.104 e. The van der Waals surface area contributed by atoms with Crippen LogP contribution in [0.1, 0.15) is 76.7 Å². The lowest BCUT2D eigenvalue weighted by Crippen LogP contribution is -2.39. The zero-order chi connectivity index (χ0) is 16.1. The molecular weight excluding hydrogens is 302 g/mol. The van der Waals surface area contributed by atoms with Crippen molar-refractivity contribution in [1.29, 1.82) is 0 Å². The standard InChI is InChI=1S/C21H38N.ClH2/c1-4-5-6-7-8-9-10-11-12-16-19-22(2,3)20-21-17-14-13-15-18-21;/h13-15,17-18H,4-12,16,19-20H2,1-3H3;1H2/q2*+1. The van der Waals surface area contributed by atoms with E-state index < -0.39 is 0 Å². The molecule has 0 saturated heterocycles. The Labute approximate surface area is 151 Å². The van der Waals surface area contributed by atoms with Crippen LogP contribution in [0.25, 0.3) is 0 Å². The third-order valence-electron chi connectivity index (χ3n) is 4.57. The molecule has 0 saturated carbocycles. The van der Waals surface area contributed by atoms with Gasteiger partial charge >= 0.3 is 0 Å². The van der Waals surface area contributed by atoms with Gasteiger partial charge in [0.25, 0.3) is 0 Å². The van der Waals surface area contributed by atoms with Crippen molar-refractivity contribution in [2.75, 3.05) is 20.6 Å². The molecule has 1 aromatic carbocycles. The predicted octanol–water partition coefficient (Wildman–Crippen LogP) is 5.65. The van der Waals surface area contributed by atoms with E-state index in [4.69, 9.17) is 0 Å². The van der Waals surface area contributed by atoms with Crippen LogP contribution in [0.15, 0.2) is 30.3 Å². The van der Waals surface area contributed by atoms with Crippen LogP contribution in [-0.4, -0.2) is 25.1 Å². The van der Waals surface area contributed by atoms with E-state index in [1.54, 1.807) is 0 Å². The molecular formula is C21H40ClN+2. The molecule has 0 aliphatic carbocycles. The molecule has 1 aromatic rings. The van der Waals surface area contributed by atoms with Crippen molar-refractivity contribution in [3.8, 4) is 0 Å². The molecule has 0 fully saturated rings. The first-order chi connectivity index (χ1) is 10.6. The molecule has 1 nitrogen and oxygen atoms in total. The molecule has 23 heavy (non-hydrogen) atoms. The van der Waals surface area contributed by atoms with Gasteiger partial charge < -0.3 is 4.48 Å². The summed E-state index contributed by atoms with van der Waals surface area (Å²) in [5.41, 5.74) is 1.46. The zero-order valence-corrected chi connectivity index (χ0v) is 16.7. The number of benzene rings is 1. The van der Waals surface area contributed by atoms with E-state index in [2.05, 4.69) is 51.4 Å². The van der Waals surface area contributed by atoms with Crippen molar-refractivity contribution < 1.29 is 16.9 Å². The smallest absolute Gasteiger partial charge is 0.104 e. The summed E-state index contributed by atoms with van der Waals surface area (Å²) in [6, 6.07) is 10.9. The molecule has 0 heterocycles.